The van der Waals surface area contributed by atoms with Gasteiger partial charge in [0.1, 0.15) is 11.6 Å². The van der Waals surface area contributed by atoms with Crippen LogP contribution in [0.15, 0.2) is 70.5 Å². The second kappa shape index (κ2) is 10.0. The molecule has 1 atom stereocenters. The Balaban J connectivity index is 1.40. The third-order valence-electron chi connectivity index (χ3n) is 6.03. The minimum atomic E-state index is -0.975. The van der Waals surface area contributed by atoms with Crippen LogP contribution in [0, 0.1) is 0 Å². The highest BCUT2D eigenvalue weighted by Gasteiger charge is 2.45. The number of para-hydroxylation sites is 2. The number of nitrogens with zero attached hydrogens (tertiary/aromatic N) is 3. The largest absolute Gasteiger partial charge is 0.436 e. The zero-order valence-corrected chi connectivity index (χ0v) is 20.4. The van der Waals surface area contributed by atoms with Crippen LogP contribution in [0.2, 0.25) is 0 Å². The minimum Gasteiger partial charge on any atom is -0.436 e. The van der Waals surface area contributed by atoms with Crippen molar-refractivity contribution < 1.29 is 28.3 Å². The fraction of sp³-hybridized carbons (Fsp3) is 0.231. The lowest BCUT2D eigenvalue weighted by Gasteiger charge is -2.29. The molecular weight excluding hydrogens is 482 g/mol. The maximum Gasteiger partial charge on any atom is 0.264 e. The fourth-order valence-corrected chi connectivity index (χ4v) is 4.86. The second-order valence-corrected chi connectivity index (χ2v) is 9.10. The molecule has 0 spiro atoms. The van der Waals surface area contributed by atoms with Gasteiger partial charge in [-0.2, -0.15) is 0 Å². The molecule has 1 saturated heterocycles. The molecule has 1 unspecified atom stereocenters. The van der Waals surface area contributed by atoms with Gasteiger partial charge in [-0.25, -0.2) is 9.88 Å². The Hall–Kier alpha value is -3.86. The number of anilines is 1. The molecule has 4 aromatic rings. The maximum absolute atomic E-state index is 13.5. The summed E-state index contributed by atoms with van der Waals surface area (Å²) in [5, 5.41) is 1.78. The summed E-state index contributed by atoms with van der Waals surface area (Å²) in [4.78, 5) is 47.1. The molecule has 3 heterocycles. The highest BCUT2D eigenvalue weighted by molar-refractivity contribution is 7.12. The Kier molecular flexibility index (Phi) is 6.64. The second-order valence-electron chi connectivity index (χ2n) is 8.16. The van der Waals surface area contributed by atoms with Crippen LogP contribution in [0.3, 0.4) is 0 Å². The average Bonchev–Trinajstić information content (AvgIpc) is 3.64. The van der Waals surface area contributed by atoms with Crippen molar-refractivity contribution in [1.82, 2.24) is 9.88 Å². The topological polar surface area (TPSA) is 102 Å². The van der Waals surface area contributed by atoms with Gasteiger partial charge in [0, 0.05) is 19.8 Å². The van der Waals surface area contributed by atoms with Crippen molar-refractivity contribution in [3.05, 3.63) is 70.9 Å². The van der Waals surface area contributed by atoms with Crippen molar-refractivity contribution in [1.29, 1.82) is 0 Å². The summed E-state index contributed by atoms with van der Waals surface area (Å²) >= 11 is 1.26. The van der Waals surface area contributed by atoms with Crippen molar-refractivity contribution in [2.75, 3.05) is 25.7 Å². The van der Waals surface area contributed by atoms with E-state index in [9.17, 15) is 14.4 Å². The molecule has 2 aromatic carbocycles. The molecule has 10 heteroatoms. The highest BCUT2D eigenvalue weighted by Crippen LogP contribution is 2.30. The summed E-state index contributed by atoms with van der Waals surface area (Å²) in [7, 11) is 2.91. The number of thiophene rings is 1. The van der Waals surface area contributed by atoms with Gasteiger partial charge in [-0.15, -0.1) is 11.3 Å². The van der Waals surface area contributed by atoms with Gasteiger partial charge in [-0.05, 0) is 47.8 Å². The summed E-state index contributed by atoms with van der Waals surface area (Å²) < 4.78 is 16.3. The number of oxazole rings is 1. The number of imide groups is 1. The van der Waals surface area contributed by atoms with Crippen LogP contribution in [0.4, 0.5) is 5.69 Å². The lowest BCUT2D eigenvalue weighted by atomic mass is 10.2. The first-order valence-electron chi connectivity index (χ1n) is 11.2. The number of carbonyl (C=O) groups excluding carboxylic acids is 3. The zero-order valence-electron chi connectivity index (χ0n) is 19.6. The summed E-state index contributed by atoms with van der Waals surface area (Å²) in [6.45, 7) is -0.00206. The number of benzene rings is 2. The molecule has 0 aliphatic carbocycles. The normalized spacial score (nSPS) is 15.9. The molecule has 0 radical (unpaired) electrons. The summed E-state index contributed by atoms with van der Waals surface area (Å²) in [5.41, 5.74) is 2.53. The molecule has 3 amide bonds. The van der Waals surface area contributed by atoms with Gasteiger partial charge in [0.15, 0.2) is 11.9 Å². The Morgan fingerprint density at radius 1 is 1.11 bits per heavy atom. The molecule has 1 aliphatic heterocycles. The van der Waals surface area contributed by atoms with E-state index >= 15 is 0 Å². The van der Waals surface area contributed by atoms with Gasteiger partial charge in [0.2, 0.25) is 11.8 Å². The molecule has 0 N–H and O–H groups in total. The third-order valence-corrected chi connectivity index (χ3v) is 6.89. The predicted octanol–water partition coefficient (Wildman–Crippen LogP) is 3.95. The van der Waals surface area contributed by atoms with Crippen molar-refractivity contribution in [2.24, 2.45) is 0 Å². The van der Waals surface area contributed by atoms with Gasteiger partial charge in [-0.1, -0.05) is 18.2 Å². The predicted molar refractivity (Wildman–Crippen MR) is 134 cm³/mol. The monoisotopic (exact) mass is 505 g/mol. The van der Waals surface area contributed by atoms with Crippen LogP contribution < -0.4 is 4.90 Å². The molecule has 0 bridgehead atoms. The van der Waals surface area contributed by atoms with E-state index in [1.165, 1.54) is 30.5 Å². The Bertz CT molecular complexity index is 1360. The number of aromatic nitrogens is 1. The van der Waals surface area contributed by atoms with E-state index < -0.39 is 24.1 Å². The number of carbonyl (C=O) groups is 3. The number of hydrogen-bond acceptors (Lipinski definition) is 8. The molecular formula is C26H23N3O6S. The summed E-state index contributed by atoms with van der Waals surface area (Å²) in [6, 6.07) is 16.7. The van der Waals surface area contributed by atoms with E-state index in [-0.39, 0.29) is 18.9 Å². The fourth-order valence-electron chi connectivity index (χ4n) is 4.18. The molecule has 0 saturated carbocycles. The first-order chi connectivity index (χ1) is 17.5. The number of rotatable bonds is 8. The standard InChI is InChI=1S/C26H23N3O6S/c1-33-23(34-2)15-28(26(32)21-8-5-13-36-21)19-14-22(30)29(25(19)31)17-11-9-16(10-12-17)24-27-18-6-3-4-7-20(18)35-24/h3-13,19,23H,14-15H2,1-2H3. The summed E-state index contributed by atoms with van der Waals surface area (Å²) in [5.74, 6) is -0.790. The van der Waals surface area contributed by atoms with Gasteiger partial charge in [0.25, 0.3) is 11.8 Å². The van der Waals surface area contributed by atoms with Gasteiger partial charge >= 0.3 is 0 Å². The van der Waals surface area contributed by atoms with E-state index in [4.69, 9.17) is 13.9 Å². The molecule has 184 valence electrons. The average molecular weight is 506 g/mol. The molecule has 36 heavy (non-hydrogen) atoms. The van der Waals surface area contributed by atoms with E-state index in [0.29, 0.717) is 27.6 Å². The van der Waals surface area contributed by atoms with Gasteiger partial charge in [0.05, 0.1) is 23.5 Å². The number of fused-ring (bicyclic) bond motifs is 1. The van der Waals surface area contributed by atoms with E-state index in [1.54, 1.807) is 41.8 Å². The van der Waals surface area contributed by atoms with Crippen LogP contribution in [0.25, 0.3) is 22.6 Å². The van der Waals surface area contributed by atoms with E-state index in [0.717, 1.165) is 10.4 Å². The number of amides is 3. The lowest BCUT2D eigenvalue weighted by molar-refractivity contribution is -0.128. The third kappa shape index (κ3) is 4.41. The van der Waals surface area contributed by atoms with Crippen LogP contribution in [0.5, 0.6) is 0 Å². The van der Waals surface area contributed by atoms with Gasteiger partial charge < -0.3 is 18.8 Å². The van der Waals surface area contributed by atoms with Crippen LogP contribution in [0.1, 0.15) is 16.1 Å². The van der Waals surface area contributed by atoms with Crippen LogP contribution in [-0.4, -0.2) is 60.7 Å². The molecule has 5 rings (SSSR count). The van der Waals surface area contributed by atoms with E-state index in [2.05, 4.69) is 4.98 Å². The maximum atomic E-state index is 13.5. The van der Waals surface area contributed by atoms with Crippen LogP contribution >= 0.6 is 11.3 Å². The molecule has 9 nitrogen and oxygen atoms in total. The molecule has 1 aliphatic rings. The SMILES string of the molecule is COC(CN(C(=O)c1cccs1)C1CC(=O)N(c2ccc(-c3nc4ccccc4o3)cc2)C1=O)OC. The first kappa shape index (κ1) is 23.9. The minimum absolute atomic E-state index is 0.00206. The van der Waals surface area contributed by atoms with Crippen molar-refractivity contribution in [2.45, 2.75) is 18.8 Å². The lowest BCUT2D eigenvalue weighted by Crippen LogP contribution is -2.49. The smallest absolute Gasteiger partial charge is 0.264 e. The number of ether oxygens (including phenoxy) is 2. The number of methoxy groups -OCH3 is 2. The summed E-state index contributed by atoms with van der Waals surface area (Å²) in [6.07, 6.45) is -0.885. The highest BCUT2D eigenvalue weighted by atomic mass is 32.1. The Morgan fingerprint density at radius 2 is 1.86 bits per heavy atom. The van der Waals surface area contributed by atoms with Crippen molar-refractivity contribution in [3.63, 3.8) is 0 Å². The molecule has 1 fully saturated rings. The van der Waals surface area contributed by atoms with Crippen molar-refractivity contribution >= 4 is 45.8 Å². The molecule has 2 aromatic heterocycles. The van der Waals surface area contributed by atoms with Gasteiger partial charge in [-0.3, -0.25) is 14.4 Å². The quantitative estimate of drug-likeness (QED) is 0.264. The van der Waals surface area contributed by atoms with E-state index in [1.807, 2.05) is 24.3 Å². The van der Waals surface area contributed by atoms with Crippen molar-refractivity contribution in [3.8, 4) is 11.5 Å². The zero-order chi connectivity index (χ0) is 25.2. The first-order valence-corrected chi connectivity index (χ1v) is 12.1. The number of hydrogen-bond donors (Lipinski definition) is 0. The Labute approximate surface area is 210 Å². The van der Waals surface area contributed by atoms with Crippen LogP contribution in [-0.2, 0) is 19.1 Å². The Morgan fingerprint density at radius 3 is 2.53 bits per heavy atom.